The number of aliphatic hydroxyl groups is 1. The third-order valence-electron chi connectivity index (χ3n) is 3.71. The molecule has 0 saturated heterocycles. The standard InChI is InChI=1S/C18H35N2O5PS/c1-17(2,3)9-14(11-24-26(23,27)12-18(4,5)6)25-16(10-21)20-8-7-15(22)19-13-20/h7-8,14,16,21H,9-13H2,1-6H3,(H,19,22)(H,23,27)/t14-,16-,26?/m1/s1. The Morgan fingerprint density at radius 2 is 1.93 bits per heavy atom. The Labute approximate surface area is 168 Å². The fourth-order valence-electron chi connectivity index (χ4n) is 2.76. The number of amides is 1. The molecule has 1 aliphatic rings. The molecule has 1 rings (SSSR count). The number of carbonyl (C=O) groups is 1. The van der Waals surface area contributed by atoms with Gasteiger partial charge >= 0.3 is 0 Å². The molecular weight excluding hydrogens is 387 g/mol. The van der Waals surface area contributed by atoms with Crippen LogP contribution < -0.4 is 5.32 Å². The summed E-state index contributed by atoms with van der Waals surface area (Å²) in [6.45, 7) is 9.54. The van der Waals surface area contributed by atoms with Crippen molar-refractivity contribution in [1.29, 1.82) is 0 Å². The minimum atomic E-state index is -2.92. The van der Waals surface area contributed by atoms with Crippen molar-refractivity contribution in [1.82, 2.24) is 10.2 Å². The topological polar surface area (TPSA) is 91.3 Å². The lowest BCUT2D eigenvalue weighted by molar-refractivity contribution is -0.133. The fourth-order valence-corrected chi connectivity index (χ4v) is 5.80. The van der Waals surface area contributed by atoms with Gasteiger partial charge in [-0.1, -0.05) is 41.5 Å². The lowest BCUT2D eigenvalue weighted by atomic mass is 9.89. The normalized spacial score (nSPS) is 20.1. The van der Waals surface area contributed by atoms with Gasteiger partial charge in [-0.15, -0.1) is 0 Å². The number of aliphatic hydroxyl groups excluding tert-OH is 1. The van der Waals surface area contributed by atoms with E-state index >= 15 is 0 Å². The van der Waals surface area contributed by atoms with Crippen molar-refractivity contribution in [2.24, 2.45) is 10.8 Å². The van der Waals surface area contributed by atoms with Gasteiger partial charge in [0.2, 0.25) is 5.91 Å². The van der Waals surface area contributed by atoms with Crippen LogP contribution in [0.25, 0.3) is 0 Å². The summed E-state index contributed by atoms with van der Waals surface area (Å²) in [6.07, 6.45) is 3.09. The first kappa shape index (κ1) is 24.5. The largest absolute Gasteiger partial charge is 0.392 e. The predicted octanol–water partition coefficient (Wildman–Crippen LogP) is 2.39. The van der Waals surface area contributed by atoms with Crippen LogP contribution >= 0.6 is 6.49 Å². The highest BCUT2D eigenvalue weighted by molar-refractivity contribution is 8.09. The zero-order chi connectivity index (χ0) is 20.9. The summed E-state index contributed by atoms with van der Waals surface area (Å²) in [5.74, 6) is -0.180. The van der Waals surface area contributed by atoms with E-state index in [1.54, 1.807) is 11.1 Å². The van der Waals surface area contributed by atoms with Crippen LogP contribution in [0.4, 0.5) is 0 Å². The molecule has 3 N–H and O–H groups in total. The number of nitrogens with one attached hydrogen (secondary N) is 1. The fraction of sp³-hybridized carbons (Fsp3) is 0.833. The predicted molar refractivity (Wildman–Crippen MR) is 111 cm³/mol. The summed E-state index contributed by atoms with van der Waals surface area (Å²) < 4.78 is 11.8. The van der Waals surface area contributed by atoms with Crippen LogP contribution in [-0.2, 0) is 25.9 Å². The quantitative estimate of drug-likeness (QED) is 0.492. The third kappa shape index (κ3) is 10.6. The van der Waals surface area contributed by atoms with Crippen LogP contribution in [0.3, 0.4) is 0 Å². The molecule has 0 aromatic carbocycles. The molecule has 27 heavy (non-hydrogen) atoms. The van der Waals surface area contributed by atoms with E-state index < -0.39 is 12.7 Å². The molecular formula is C18H35N2O5PS. The molecule has 0 radical (unpaired) electrons. The highest BCUT2D eigenvalue weighted by Gasteiger charge is 2.29. The highest BCUT2D eigenvalue weighted by atomic mass is 32.5. The molecule has 0 fully saturated rings. The van der Waals surface area contributed by atoms with Crippen LogP contribution in [0.5, 0.6) is 0 Å². The SMILES string of the molecule is CC(C)(C)C[C@H](COP(O)(=S)CC(C)(C)C)O[C@H](CO)N1C=CC(=O)NC1. The second kappa shape index (κ2) is 9.81. The summed E-state index contributed by atoms with van der Waals surface area (Å²) in [7, 11) is 0. The molecule has 0 aliphatic carbocycles. The van der Waals surface area contributed by atoms with Gasteiger partial charge in [0.05, 0.1) is 26.0 Å². The van der Waals surface area contributed by atoms with Gasteiger partial charge in [0.1, 0.15) is 0 Å². The van der Waals surface area contributed by atoms with Gasteiger partial charge in [-0.05, 0) is 29.1 Å². The Hall–Kier alpha value is -0.500. The molecule has 1 aliphatic heterocycles. The lowest BCUT2D eigenvalue weighted by Crippen LogP contribution is -2.48. The molecule has 1 heterocycles. The van der Waals surface area contributed by atoms with Crippen molar-refractivity contribution in [2.45, 2.75) is 60.3 Å². The average molecular weight is 423 g/mol. The summed E-state index contributed by atoms with van der Waals surface area (Å²) >= 11 is 5.30. The Bertz CT molecular complexity index is 571. The van der Waals surface area contributed by atoms with Crippen molar-refractivity contribution in [3.05, 3.63) is 12.3 Å². The first-order chi connectivity index (χ1) is 12.2. The van der Waals surface area contributed by atoms with Gasteiger partial charge in [0.25, 0.3) is 0 Å². The lowest BCUT2D eigenvalue weighted by Gasteiger charge is -2.36. The van der Waals surface area contributed by atoms with Crippen molar-refractivity contribution >= 4 is 24.2 Å². The number of rotatable bonds is 9. The number of nitrogens with zero attached hydrogens (tertiary/aromatic N) is 1. The summed E-state index contributed by atoms with van der Waals surface area (Å²) in [6, 6.07) is 0. The van der Waals surface area contributed by atoms with E-state index in [0.29, 0.717) is 12.6 Å². The smallest absolute Gasteiger partial charge is 0.246 e. The molecule has 0 aromatic heterocycles. The third-order valence-corrected chi connectivity index (χ3v) is 6.31. The molecule has 7 nitrogen and oxygen atoms in total. The van der Waals surface area contributed by atoms with Crippen molar-refractivity contribution in [3.63, 3.8) is 0 Å². The van der Waals surface area contributed by atoms with Gasteiger partial charge in [-0.3, -0.25) is 4.79 Å². The van der Waals surface area contributed by atoms with Gasteiger partial charge < -0.3 is 29.5 Å². The molecule has 1 unspecified atom stereocenters. The Kier molecular flexibility index (Phi) is 8.92. The highest BCUT2D eigenvalue weighted by Crippen LogP contribution is 2.47. The van der Waals surface area contributed by atoms with Crippen LogP contribution in [0.15, 0.2) is 12.3 Å². The van der Waals surface area contributed by atoms with Crippen LogP contribution in [0.1, 0.15) is 48.0 Å². The van der Waals surface area contributed by atoms with Crippen LogP contribution in [-0.4, -0.2) is 59.2 Å². The van der Waals surface area contributed by atoms with Crippen molar-refractivity contribution < 1.29 is 24.1 Å². The van der Waals surface area contributed by atoms with Crippen LogP contribution in [0, 0.1) is 10.8 Å². The van der Waals surface area contributed by atoms with E-state index in [1.807, 2.05) is 20.8 Å². The first-order valence-corrected chi connectivity index (χ1v) is 12.0. The Balaban J connectivity index is 2.79. The maximum atomic E-state index is 11.3. The van der Waals surface area contributed by atoms with Gasteiger partial charge in [-0.2, -0.15) is 0 Å². The van der Waals surface area contributed by atoms with E-state index in [2.05, 4.69) is 26.1 Å². The maximum absolute atomic E-state index is 11.3. The minimum absolute atomic E-state index is 0.0397. The van der Waals surface area contributed by atoms with E-state index in [4.69, 9.17) is 21.1 Å². The average Bonchev–Trinajstić information content (AvgIpc) is 2.47. The molecule has 1 amide bonds. The molecule has 3 atom stereocenters. The second-order valence-corrected chi connectivity index (χ2v) is 12.9. The molecule has 9 heteroatoms. The molecule has 0 saturated carbocycles. The first-order valence-electron chi connectivity index (χ1n) is 9.15. The maximum Gasteiger partial charge on any atom is 0.246 e. The number of carbonyl (C=O) groups excluding carboxylic acids is 1. The van der Waals surface area contributed by atoms with Gasteiger partial charge in [-0.25, -0.2) is 0 Å². The zero-order valence-electron chi connectivity index (χ0n) is 17.3. The molecule has 0 spiro atoms. The minimum Gasteiger partial charge on any atom is -0.392 e. The van der Waals surface area contributed by atoms with E-state index in [0.717, 1.165) is 0 Å². The summed E-state index contributed by atoms with van der Waals surface area (Å²) in [4.78, 5) is 23.5. The van der Waals surface area contributed by atoms with E-state index in [9.17, 15) is 14.8 Å². The molecule has 0 aromatic rings. The zero-order valence-corrected chi connectivity index (χ0v) is 19.0. The molecule has 0 bridgehead atoms. The van der Waals surface area contributed by atoms with Crippen LogP contribution in [0.2, 0.25) is 0 Å². The summed E-state index contributed by atoms with van der Waals surface area (Å²) in [5, 5.41) is 12.4. The summed E-state index contributed by atoms with van der Waals surface area (Å²) in [5.41, 5.74) is -0.170. The van der Waals surface area contributed by atoms with Crippen molar-refractivity contribution in [2.75, 3.05) is 26.0 Å². The number of hydrogen-bond acceptors (Lipinski definition) is 6. The van der Waals surface area contributed by atoms with Crippen molar-refractivity contribution in [3.8, 4) is 0 Å². The molecule has 158 valence electrons. The van der Waals surface area contributed by atoms with Gasteiger partial charge in [0, 0.05) is 18.4 Å². The number of hydrogen-bond donors (Lipinski definition) is 3. The van der Waals surface area contributed by atoms with Gasteiger partial charge in [0.15, 0.2) is 12.7 Å². The number of ether oxygens (including phenoxy) is 1. The second-order valence-electron chi connectivity index (χ2n) is 9.34. The Morgan fingerprint density at radius 1 is 1.30 bits per heavy atom. The van der Waals surface area contributed by atoms with E-state index in [1.165, 1.54) is 6.08 Å². The monoisotopic (exact) mass is 422 g/mol. The van der Waals surface area contributed by atoms with E-state index in [-0.39, 0.29) is 42.7 Å². The Morgan fingerprint density at radius 3 is 2.37 bits per heavy atom.